The molecule has 3 heterocycles. The summed E-state index contributed by atoms with van der Waals surface area (Å²) in [7, 11) is 0. The highest BCUT2D eigenvalue weighted by Crippen LogP contribution is 2.33. The number of pyridine rings is 1. The Kier molecular flexibility index (Phi) is 4.40. The van der Waals surface area contributed by atoms with Crippen LogP contribution < -0.4 is 5.32 Å². The second-order valence-electron chi connectivity index (χ2n) is 6.23. The van der Waals surface area contributed by atoms with Crippen molar-refractivity contribution in [2.45, 2.75) is 13.1 Å². The van der Waals surface area contributed by atoms with E-state index >= 15 is 0 Å². The second-order valence-corrected chi connectivity index (χ2v) is 6.23. The zero-order valence-electron chi connectivity index (χ0n) is 14.8. The van der Waals surface area contributed by atoms with Gasteiger partial charge in [0.1, 0.15) is 28.8 Å². The first kappa shape index (κ1) is 18.8. The second kappa shape index (κ2) is 6.80. The van der Waals surface area contributed by atoms with E-state index in [0.29, 0.717) is 28.8 Å². The van der Waals surface area contributed by atoms with Crippen molar-refractivity contribution >= 4 is 17.2 Å². The Bertz CT molecular complexity index is 1220. The van der Waals surface area contributed by atoms with Gasteiger partial charge in [0.05, 0.1) is 29.3 Å². The Morgan fingerprint density at radius 2 is 1.79 bits per heavy atom. The molecule has 0 aliphatic heterocycles. The lowest BCUT2D eigenvalue weighted by molar-refractivity contribution is -0.139. The van der Waals surface area contributed by atoms with Gasteiger partial charge in [-0.3, -0.25) is 9.38 Å². The number of aryl methyl sites for hydroxylation is 1. The molecule has 0 amide bonds. The number of alkyl halides is 3. The summed E-state index contributed by atoms with van der Waals surface area (Å²) < 4.78 is 67.0. The molecule has 4 rings (SSSR count). The maximum atomic E-state index is 13.8. The summed E-state index contributed by atoms with van der Waals surface area (Å²) in [6.45, 7) is 1.73. The highest BCUT2D eigenvalue weighted by molar-refractivity contribution is 5.66. The predicted molar refractivity (Wildman–Crippen MR) is 95.6 cm³/mol. The molecule has 0 atom stereocenters. The van der Waals surface area contributed by atoms with E-state index in [-0.39, 0.29) is 11.5 Å². The topological polar surface area (TPSA) is 55.1 Å². The zero-order chi connectivity index (χ0) is 20.8. The average Bonchev–Trinajstić information content (AvgIpc) is 2.96. The van der Waals surface area contributed by atoms with E-state index in [2.05, 4.69) is 20.3 Å². The van der Waals surface area contributed by atoms with Gasteiger partial charge in [-0.15, -0.1) is 0 Å². The van der Waals surface area contributed by atoms with Crippen LogP contribution in [0.15, 0.2) is 48.9 Å². The maximum Gasteiger partial charge on any atom is 0.419 e. The van der Waals surface area contributed by atoms with Crippen LogP contribution in [0.25, 0.3) is 17.0 Å². The van der Waals surface area contributed by atoms with Gasteiger partial charge in [0, 0.05) is 11.9 Å². The summed E-state index contributed by atoms with van der Waals surface area (Å²) in [4.78, 5) is 12.7. The molecule has 29 heavy (non-hydrogen) atoms. The van der Waals surface area contributed by atoms with E-state index in [0.717, 1.165) is 12.1 Å². The van der Waals surface area contributed by atoms with Gasteiger partial charge >= 0.3 is 6.18 Å². The molecule has 1 aromatic carbocycles. The number of benzene rings is 1. The molecule has 0 bridgehead atoms. The Morgan fingerprint density at radius 1 is 1.00 bits per heavy atom. The molecule has 0 saturated heterocycles. The molecule has 3 aromatic heterocycles. The molecule has 5 nitrogen and oxygen atoms in total. The normalized spacial score (nSPS) is 11.8. The van der Waals surface area contributed by atoms with Gasteiger partial charge in [-0.1, -0.05) is 0 Å². The van der Waals surface area contributed by atoms with Gasteiger partial charge in [0.15, 0.2) is 0 Å². The molecule has 0 fully saturated rings. The van der Waals surface area contributed by atoms with Gasteiger partial charge in [-0.05, 0) is 37.3 Å². The highest BCUT2D eigenvalue weighted by atomic mass is 19.4. The van der Waals surface area contributed by atoms with Crippen LogP contribution in [-0.2, 0) is 6.18 Å². The van der Waals surface area contributed by atoms with Crippen molar-refractivity contribution in [3.63, 3.8) is 0 Å². The van der Waals surface area contributed by atoms with Crippen molar-refractivity contribution < 1.29 is 22.0 Å². The first-order valence-electron chi connectivity index (χ1n) is 8.33. The molecule has 0 aliphatic rings. The van der Waals surface area contributed by atoms with Gasteiger partial charge < -0.3 is 5.32 Å². The largest absolute Gasteiger partial charge is 0.419 e. The van der Waals surface area contributed by atoms with Crippen LogP contribution in [-0.4, -0.2) is 19.4 Å². The lowest BCUT2D eigenvalue weighted by atomic mass is 10.2. The SMILES string of the molecule is Cc1nc2ccc(F)cn2c1-c1cncc(Nc2ccc(C(F)(F)F)c(F)c2)n1. The van der Waals surface area contributed by atoms with Crippen LogP contribution in [0.2, 0.25) is 0 Å². The molecule has 4 aromatic rings. The summed E-state index contributed by atoms with van der Waals surface area (Å²) in [5, 5.41) is 2.72. The van der Waals surface area contributed by atoms with Gasteiger partial charge in [-0.25, -0.2) is 18.7 Å². The third-order valence-electron chi connectivity index (χ3n) is 4.18. The summed E-state index contributed by atoms with van der Waals surface area (Å²) in [5.41, 5.74) is 0.688. The zero-order valence-corrected chi connectivity index (χ0v) is 14.8. The van der Waals surface area contributed by atoms with Gasteiger partial charge in [-0.2, -0.15) is 13.2 Å². The molecular weight excluding hydrogens is 393 g/mol. The number of anilines is 2. The van der Waals surface area contributed by atoms with Crippen molar-refractivity contribution in [1.29, 1.82) is 0 Å². The Labute approximate surface area is 160 Å². The van der Waals surface area contributed by atoms with Crippen molar-refractivity contribution in [2.75, 3.05) is 5.32 Å². The molecular formula is C19H12F5N5. The molecule has 10 heteroatoms. The Hall–Kier alpha value is -3.56. The van der Waals surface area contributed by atoms with E-state index < -0.39 is 23.4 Å². The summed E-state index contributed by atoms with van der Waals surface area (Å²) in [6.07, 6.45) is -0.742. The maximum absolute atomic E-state index is 13.8. The molecule has 0 spiro atoms. The minimum atomic E-state index is -4.78. The quantitative estimate of drug-likeness (QED) is 0.480. The molecule has 0 unspecified atom stereocenters. The van der Waals surface area contributed by atoms with Crippen molar-refractivity contribution in [1.82, 2.24) is 19.4 Å². The van der Waals surface area contributed by atoms with E-state index in [4.69, 9.17) is 0 Å². The molecule has 0 saturated carbocycles. The number of fused-ring (bicyclic) bond motifs is 1. The van der Waals surface area contributed by atoms with Crippen molar-refractivity contribution in [3.8, 4) is 11.4 Å². The first-order chi connectivity index (χ1) is 13.7. The smallest absolute Gasteiger partial charge is 0.339 e. The van der Waals surface area contributed by atoms with E-state index in [1.54, 1.807) is 6.92 Å². The minimum Gasteiger partial charge on any atom is -0.339 e. The fourth-order valence-corrected chi connectivity index (χ4v) is 2.96. The third-order valence-corrected chi connectivity index (χ3v) is 4.18. The predicted octanol–water partition coefficient (Wildman–Crippen LogP) is 5.14. The lowest BCUT2D eigenvalue weighted by Gasteiger charge is -2.11. The van der Waals surface area contributed by atoms with Crippen LogP contribution in [0.4, 0.5) is 33.5 Å². The summed E-state index contributed by atoms with van der Waals surface area (Å²) in [5.74, 6) is -1.69. The number of rotatable bonds is 3. The van der Waals surface area contributed by atoms with E-state index in [1.807, 2.05) is 0 Å². The number of nitrogens with one attached hydrogen (secondary N) is 1. The standard InChI is InChI=1S/C19H12F5N5/c1-10-18(29-9-11(20)2-5-17(29)26-10)15-7-25-8-16(28-15)27-12-3-4-13(14(21)6-12)19(22,23)24/h2-9H,1H3,(H,27,28). The molecule has 148 valence electrons. The fraction of sp³-hybridized carbons (Fsp3) is 0.105. The summed E-state index contributed by atoms with van der Waals surface area (Å²) in [6, 6.07) is 5.27. The van der Waals surface area contributed by atoms with E-state index in [9.17, 15) is 22.0 Å². The fourth-order valence-electron chi connectivity index (χ4n) is 2.96. The number of hydrogen-bond donors (Lipinski definition) is 1. The van der Waals surface area contributed by atoms with Gasteiger partial charge in [0.25, 0.3) is 0 Å². The summed E-state index contributed by atoms with van der Waals surface area (Å²) >= 11 is 0. The average molecular weight is 405 g/mol. The Balaban J connectivity index is 1.70. The molecule has 0 aliphatic carbocycles. The highest BCUT2D eigenvalue weighted by Gasteiger charge is 2.33. The number of hydrogen-bond acceptors (Lipinski definition) is 4. The van der Waals surface area contributed by atoms with Crippen molar-refractivity contribution in [3.05, 3.63) is 71.8 Å². The van der Waals surface area contributed by atoms with Crippen molar-refractivity contribution in [2.24, 2.45) is 0 Å². The first-order valence-corrected chi connectivity index (χ1v) is 8.33. The van der Waals surface area contributed by atoms with Crippen LogP contribution in [0.5, 0.6) is 0 Å². The van der Waals surface area contributed by atoms with E-state index in [1.165, 1.54) is 35.1 Å². The minimum absolute atomic E-state index is 0.0721. The molecule has 1 N–H and O–H groups in total. The third kappa shape index (κ3) is 3.60. The lowest BCUT2D eigenvalue weighted by Crippen LogP contribution is -2.08. The Morgan fingerprint density at radius 3 is 2.52 bits per heavy atom. The number of imidazole rings is 1. The van der Waals surface area contributed by atoms with Crippen LogP contribution >= 0.6 is 0 Å². The number of aromatic nitrogens is 4. The number of nitrogens with zero attached hydrogens (tertiary/aromatic N) is 4. The number of halogens is 5. The van der Waals surface area contributed by atoms with Crippen LogP contribution in [0.3, 0.4) is 0 Å². The van der Waals surface area contributed by atoms with Gasteiger partial charge in [0.2, 0.25) is 0 Å². The van der Waals surface area contributed by atoms with Crippen LogP contribution in [0, 0.1) is 18.6 Å². The molecule has 0 radical (unpaired) electrons. The van der Waals surface area contributed by atoms with Crippen LogP contribution in [0.1, 0.15) is 11.3 Å². The monoisotopic (exact) mass is 405 g/mol.